The molecule has 6 aromatic carbocycles. The van der Waals surface area contributed by atoms with Crippen molar-refractivity contribution in [3.05, 3.63) is 166 Å². The molecular formula is C46H33F13O2. The van der Waals surface area contributed by atoms with Crippen molar-refractivity contribution in [2.45, 2.75) is 64.6 Å². The average Bonchev–Trinajstić information content (AvgIpc) is 3.17. The summed E-state index contributed by atoms with van der Waals surface area (Å²) >= 11 is 0. The van der Waals surface area contributed by atoms with Gasteiger partial charge >= 0.3 is 12.2 Å². The van der Waals surface area contributed by atoms with Crippen molar-refractivity contribution in [2.75, 3.05) is 0 Å². The van der Waals surface area contributed by atoms with E-state index in [4.69, 9.17) is 0 Å². The van der Waals surface area contributed by atoms with Crippen molar-refractivity contribution < 1.29 is 66.5 Å². The number of benzene rings is 6. The van der Waals surface area contributed by atoms with Crippen LogP contribution in [0.5, 0.6) is 11.5 Å². The molecule has 0 aliphatic carbocycles. The molecule has 0 fully saturated rings. The lowest BCUT2D eigenvalue weighted by molar-refractivity contribution is -0.190. The Bertz CT molecular complexity index is 2530. The fraction of sp³-hybridized carbons (Fsp3) is 0.217. The number of hydrogen-bond donors (Lipinski definition) is 0. The van der Waals surface area contributed by atoms with Crippen LogP contribution < -0.4 is 9.47 Å². The molecule has 0 aromatic heterocycles. The van der Waals surface area contributed by atoms with Gasteiger partial charge in [0.2, 0.25) is 0 Å². The Kier molecular flexibility index (Phi) is 13.1. The highest BCUT2D eigenvalue weighted by atomic mass is 19.3. The predicted octanol–water partition coefficient (Wildman–Crippen LogP) is 14.9. The summed E-state index contributed by atoms with van der Waals surface area (Å²) in [6.45, 7) is 3.54. The predicted molar refractivity (Wildman–Crippen MR) is 202 cm³/mol. The van der Waals surface area contributed by atoms with E-state index < -0.39 is 121 Å². The van der Waals surface area contributed by atoms with E-state index in [0.29, 0.717) is 60.2 Å². The van der Waals surface area contributed by atoms with Gasteiger partial charge in [0.1, 0.15) is 57.5 Å². The first-order valence-corrected chi connectivity index (χ1v) is 18.8. The lowest BCUT2D eigenvalue weighted by atomic mass is 9.92. The number of ether oxygens (including phenoxy) is 2. The Hall–Kier alpha value is -5.99. The maximum Gasteiger partial charge on any atom is 0.432 e. The van der Waals surface area contributed by atoms with Gasteiger partial charge in [-0.05, 0) is 107 Å². The molecule has 0 bridgehead atoms. The van der Waals surface area contributed by atoms with Crippen LogP contribution in [0.15, 0.2) is 91.0 Å². The van der Waals surface area contributed by atoms with E-state index in [0.717, 1.165) is 43.4 Å². The number of aryl methyl sites for hydroxylation is 1. The van der Waals surface area contributed by atoms with Gasteiger partial charge in [0.05, 0.1) is 0 Å². The van der Waals surface area contributed by atoms with Crippen LogP contribution in [0.25, 0.3) is 33.4 Å². The third kappa shape index (κ3) is 9.50. The van der Waals surface area contributed by atoms with Gasteiger partial charge in [-0.3, -0.25) is 0 Å². The summed E-state index contributed by atoms with van der Waals surface area (Å²) in [6.07, 6.45) is -6.15. The van der Waals surface area contributed by atoms with E-state index >= 15 is 39.5 Å². The van der Waals surface area contributed by atoms with Crippen LogP contribution in [0.2, 0.25) is 0 Å². The minimum absolute atomic E-state index is 0.0357. The molecule has 0 unspecified atom stereocenters. The average molecular weight is 865 g/mol. The zero-order valence-electron chi connectivity index (χ0n) is 32.1. The molecule has 320 valence electrons. The van der Waals surface area contributed by atoms with Crippen LogP contribution in [0.4, 0.5) is 57.1 Å². The number of halogens is 13. The molecule has 0 heterocycles. The molecular weight excluding hydrogens is 831 g/mol. The van der Waals surface area contributed by atoms with Crippen LogP contribution in [-0.4, -0.2) is 0 Å². The van der Waals surface area contributed by atoms with Gasteiger partial charge in [-0.2, -0.15) is 17.6 Å². The van der Waals surface area contributed by atoms with Crippen molar-refractivity contribution >= 4 is 0 Å². The lowest BCUT2D eigenvalue weighted by Gasteiger charge is -2.23. The number of unbranched alkanes of at least 4 members (excludes halogenated alkanes) is 2. The van der Waals surface area contributed by atoms with Crippen LogP contribution in [0.1, 0.15) is 61.8 Å². The summed E-state index contributed by atoms with van der Waals surface area (Å²) in [5.41, 5.74) is -5.42. The molecule has 0 aliphatic heterocycles. The quantitative estimate of drug-likeness (QED) is 0.0582. The molecule has 0 N–H and O–H groups in total. The zero-order valence-corrected chi connectivity index (χ0v) is 32.1. The van der Waals surface area contributed by atoms with Gasteiger partial charge in [-0.15, -0.1) is 0 Å². The van der Waals surface area contributed by atoms with Gasteiger partial charge < -0.3 is 9.47 Å². The van der Waals surface area contributed by atoms with Crippen LogP contribution in [-0.2, 0) is 25.1 Å². The molecule has 0 saturated carbocycles. The van der Waals surface area contributed by atoms with E-state index in [9.17, 15) is 17.6 Å². The number of rotatable bonds is 15. The molecule has 0 spiro atoms. The van der Waals surface area contributed by atoms with E-state index in [1.807, 2.05) is 0 Å². The lowest BCUT2D eigenvalue weighted by Crippen LogP contribution is -2.26. The fourth-order valence-corrected chi connectivity index (χ4v) is 6.80. The van der Waals surface area contributed by atoms with Crippen LogP contribution in [0, 0.1) is 52.4 Å². The molecule has 0 aliphatic rings. The second-order valence-corrected chi connectivity index (χ2v) is 14.1. The van der Waals surface area contributed by atoms with Gasteiger partial charge in [0.15, 0.2) is 17.5 Å². The third-order valence-electron chi connectivity index (χ3n) is 9.76. The Morgan fingerprint density at radius 3 is 1.44 bits per heavy atom. The summed E-state index contributed by atoms with van der Waals surface area (Å²) in [5, 5.41) is 0. The summed E-state index contributed by atoms with van der Waals surface area (Å²) in [5.74, 6) is -17.1. The molecule has 0 saturated heterocycles. The summed E-state index contributed by atoms with van der Waals surface area (Å²) < 4.78 is 204. The van der Waals surface area contributed by atoms with E-state index in [1.54, 1.807) is 24.3 Å². The minimum atomic E-state index is -4.86. The first-order chi connectivity index (χ1) is 28.8. The van der Waals surface area contributed by atoms with Crippen LogP contribution >= 0.6 is 0 Å². The normalized spacial score (nSPS) is 11.9. The highest BCUT2D eigenvalue weighted by molar-refractivity contribution is 5.70. The van der Waals surface area contributed by atoms with Gasteiger partial charge in [-0.1, -0.05) is 57.4 Å². The zero-order chi connectivity index (χ0) is 44.4. The number of alkyl halides is 4. The van der Waals surface area contributed by atoms with Gasteiger partial charge in [-0.25, -0.2) is 39.5 Å². The van der Waals surface area contributed by atoms with E-state index in [1.165, 1.54) is 6.92 Å². The molecule has 6 aromatic rings. The summed E-state index contributed by atoms with van der Waals surface area (Å²) in [6, 6.07) is 12.9. The number of hydrogen-bond acceptors (Lipinski definition) is 2. The van der Waals surface area contributed by atoms with Crippen LogP contribution in [0.3, 0.4) is 0 Å². The topological polar surface area (TPSA) is 18.5 Å². The Balaban J connectivity index is 1.24. The van der Waals surface area contributed by atoms with E-state index in [-0.39, 0.29) is 12.0 Å². The van der Waals surface area contributed by atoms with Crippen molar-refractivity contribution in [1.29, 1.82) is 0 Å². The second kappa shape index (κ2) is 17.9. The highest BCUT2D eigenvalue weighted by Crippen LogP contribution is 2.43. The molecule has 6 rings (SSSR count). The molecule has 61 heavy (non-hydrogen) atoms. The molecule has 0 radical (unpaired) electrons. The molecule has 2 nitrogen and oxygen atoms in total. The smallest absolute Gasteiger partial charge is 0.429 e. The summed E-state index contributed by atoms with van der Waals surface area (Å²) in [4.78, 5) is 0. The Labute approximate surface area is 341 Å². The molecule has 0 amide bonds. The Morgan fingerprint density at radius 2 is 0.918 bits per heavy atom. The third-order valence-corrected chi connectivity index (χ3v) is 9.76. The fourth-order valence-electron chi connectivity index (χ4n) is 6.80. The van der Waals surface area contributed by atoms with Crippen molar-refractivity contribution in [3.63, 3.8) is 0 Å². The van der Waals surface area contributed by atoms with Crippen molar-refractivity contribution in [1.82, 2.24) is 0 Å². The van der Waals surface area contributed by atoms with Crippen molar-refractivity contribution in [2.24, 2.45) is 0 Å². The minimum Gasteiger partial charge on any atom is -0.429 e. The monoisotopic (exact) mass is 864 g/mol. The Morgan fingerprint density at radius 1 is 0.410 bits per heavy atom. The second-order valence-electron chi connectivity index (χ2n) is 14.1. The first kappa shape index (κ1) is 44.6. The maximum atomic E-state index is 16.0. The van der Waals surface area contributed by atoms with E-state index in [2.05, 4.69) is 16.4 Å². The SMILES string of the molecule is CCCCCc1ccc(-c2cc(F)c(C(F)(F)Oc3ccc(-c4cc(F)c(C(F)(F)Oc5ccc(-c6cc(F)c(F)c(F)c6)c(F)c5)c(F)c4CCC)c(F)c3)c(F)c2)cc1. The molecule has 15 heteroatoms. The maximum absolute atomic E-state index is 16.0. The molecule has 0 atom stereocenters. The standard InChI is InChI=1S/C46H33F13O2/c1-3-5-6-8-24-9-11-25(12-10-24)26-17-36(49)41(37(50)18-26)45(56,57)60-29-14-16-31(35(48)22-29)33-23-38(51)42(43(54)32(33)7-4-2)46(58,59)61-28-13-15-30(34(47)21-28)27-19-39(52)44(55)40(53)20-27/h9-23H,3-8H2,1-2H3. The summed E-state index contributed by atoms with van der Waals surface area (Å²) in [7, 11) is 0. The van der Waals surface area contributed by atoms with Gasteiger partial charge in [0.25, 0.3) is 0 Å². The highest BCUT2D eigenvalue weighted by Gasteiger charge is 2.44. The van der Waals surface area contributed by atoms with Gasteiger partial charge in [0, 0.05) is 23.3 Å². The van der Waals surface area contributed by atoms with Crippen molar-refractivity contribution in [3.8, 4) is 44.9 Å². The first-order valence-electron chi connectivity index (χ1n) is 18.8. The largest absolute Gasteiger partial charge is 0.432 e.